The summed E-state index contributed by atoms with van der Waals surface area (Å²) in [7, 11) is 1.56. The molecule has 0 saturated carbocycles. The molecule has 0 spiro atoms. The minimum absolute atomic E-state index is 0.109. The van der Waals surface area contributed by atoms with Gasteiger partial charge in [-0.15, -0.1) is 0 Å². The Labute approximate surface area is 141 Å². The Morgan fingerprint density at radius 1 is 1.25 bits per heavy atom. The van der Waals surface area contributed by atoms with E-state index in [2.05, 4.69) is 6.92 Å². The summed E-state index contributed by atoms with van der Waals surface area (Å²) >= 11 is 0. The summed E-state index contributed by atoms with van der Waals surface area (Å²) < 4.78 is 16.6. The molecule has 0 aliphatic rings. The van der Waals surface area contributed by atoms with Gasteiger partial charge in [-0.1, -0.05) is 25.1 Å². The van der Waals surface area contributed by atoms with E-state index < -0.39 is 5.97 Å². The summed E-state index contributed by atoms with van der Waals surface area (Å²) in [6.07, 6.45) is 3.52. The van der Waals surface area contributed by atoms with Gasteiger partial charge >= 0.3 is 5.97 Å². The lowest BCUT2D eigenvalue weighted by Crippen LogP contribution is -2.04. The number of hydrogen-bond donors (Lipinski definition) is 1. The van der Waals surface area contributed by atoms with Crippen LogP contribution >= 0.6 is 0 Å². The molecule has 128 valence electrons. The molecular weight excluding hydrogens is 308 g/mol. The van der Waals surface area contributed by atoms with Gasteiger partial charge in [0, 0.05) is 18.6 Å². The number of aliphatic carboxylic acids is 1. The first-order valence-corrected chi connectivity index (χ1v) is 7.86. The lowest BCUT2D eigenvalue weighted by molar-refractivity contribution is -0.131. The quantitative estimate of drug-likeness (QED) is 0.588. The fraction of sp³-hybridized carbons (Fsp3) is 0.316. The van der Waals surface area contributed by atoms with Crippen LogP contribution in [0.15, 0.2) is 30.3 Å². The molecule has 0 amide bonds. The Kier molecular flexibility index (Phi) is 6.21. The van der Waals surface area contributed by atoms with Crippen LogP contribution in [0.4, 0.5) is 0 Å². The number of aryl methyl sites for hydroxylation is 1. The highest BCUT2D eigenvalue weighted by atomic mass is 16.7. The Hall–Kier alpha value is -2.53. The SMILES string of the molecule is CCOc1cc(/C=C/C(=O)O)c2cccc(CC)c2c1OCOC. The minimum Gasteiger partial charge on any atom is -0.490 e. The van der Waals surface area contributed by atoms with E-state index in [1.165, 1.54) is 0 Å². The van der Waals surface area contributed by atoms with Crippen molar-refractivity contribution >= 4 is 22.8 Å². The number of hydrogen-bond acceptors (Lipinski definition) is 4. The van der Waals surface area contributed by atoms with Crippen molar-refractivity contribution in [2.24, 2.45) is 0 Å². The van der Waals surface area contributed by atoms with Crippen LogP contribution < -0.4 is 9.47 Å². The van der Waals surface area contributed by atoms with Crippen molar-refractivity contribution in [3.8, 4) is 11.5 Å². The topological polar surface area (TPSA) is 65.0 Å². The highest BCUT2D eigenvalue weighted by molar-refractivity contribution is 6.00. The number of rotatable bonds is 8. The maximum absolute atomic E-state index is 10.9. The van der Waals surface area contributed by atoms with Crippen LogP contribution in [0.1, 0.15) is 25.0 Å². The standard InChI is InChI=1S/C19H22O5/c1-4-13-7-6-8-15-14(9-10-17(20)21)11-16(23-5-2)19(18(13)15)24-12-22-3/h6-11H,4-5,12H2,1-3H3,(H,20,21)/b10-9+. The largest absolute Gasteiger partial charge is 0.490 e. The molecule has 0 aromatic heterocycles. The van der Waals surface area contributed by atoms with Gasteiger partial charge in [0.25, 0.3) is 0 Å². The summed E-state index contributed by atoms with van der Waals surface area (Å²) in [6.45, 7) is 4.54. The predicted molar refractivity (Wildman–Crippen MR) is 93.7 cm³/mol. The van der Waals surface area contributed by atoms with Crippen LogP contribution in [0.2, 0.25) is 0 Å². The highest BCUT2D eigenvalue weighted by Gasteiger charge is 2.16. The Morgan fingerprint density at radius 3 is 2.67 bits per heavy atom. The third-order valence-electron chi connectivity index (χ3n) is 3.61. The molecule has 2 aromatic rings. The number of ether oxygens (including phenoxy) is 3. The summed E-state index contributed by atoms with van der Waals surface area (Å²) in [5.74, 6) is 0.207. The maximum atomic E-state index is 10.9. The zero-order chi connectivity index (χ0) is 17.5. The molecule has 0 heterocycles. The fourth-order valence-corrected chi connectivity index (χ4v) is 2.63. The van der Waals surface area contributed by atoms with Crippen LogP contribution in [-0.4, -0.2) is 31.6 Å². The van der Waals surface area contributed by atoms with Crippen LogP contribution in [0.5, 0.6) is 11.5 Å². The molecule has 1 N–H and O–H groups in total. The van der Waals surface area contributed by atoms with E-state index in [0.29, 0.717) is 18.1 Å². The van der Waals surface area contributed by atoms with E-state index in [9.17, 15) is 4.79 Å². The molecule has 2 rings (SSSR count). The van der Waals surface area contributed by atoms with E-state index in [4.69, 9.17) is 19.3 Å². The van der Waals surface area contributed by atoms with E-state index in [1.54, 1.807) is 19.3 Å². The number of benzene rings is 2. The fourth-order valence-electron chi connectivity index (χ4n) is 2.63. The molecule has 0 bridgehead atoms. The average molecular weight is 330 g/mol. The van der Waals surface area contributed by atoms with Crippen LogP contribution in [0.25, 0.3) is 16.8 Å². The number of carboxylic acids is 1. The third kappa shape index (κ3) is 3.86. The van der Waals surface area contributed by atoms with Gasteiger partial charge in [0.15, 0.2) is 18.3 Å². The molecule has 2 aromatic carbocycles. The summed E-state index contributed by atoms with van der Waals surface area (Å²) in [5.41, 5.74) is 1.88. The van der Waals surface area contributed by atoms with Gasteiger partial charge < -0.3 is 19.3 Å². The monoisotopic (exact) mass is 330 g/mol. The molecule has 0 atom stereocenters. The molecule has 0 fully saturated rings. The van der Waals surface area contributed by atoms with Gasteiger partial charge in [-0.2, -0.15) is 0 Å². The third-order valence-corrected chi connectivity index (χ3v) is 3.61. The van der Waals surface area contributed by atoms with Gasteiger partial charge in [-0.05, 0) is 42.0 Å². The van der Waals surface area contributed by atoms with E-state index in [0.717, 1.165) is 34.4 Å². The van der Waals surface area contributed by atoms with Crippen molar-refractivity contribution in [1.82, 2.24) is 0 Å². The molecule has 5 heteroatoms. The Bertz CT molecular complexity index is 749. The normalized spacial score (nSPS) is 11.1. The zero-order valence-electron chi connectivity index (χ0n) is 14.2. The van der Waals surface area contributed by atoms with Crippen molar-refractivity contribution in [3.63, 3.8) is 0 Å². The average Bonchev–Trinajstić information content (AvgIpc) is 2.58. The second-order valence-corrected chi connectivity index (χ2v) is 5.14. The molecule has 0 saturated heterocycles. The van der Waals surface area contributed by atoms with Gasteiger partial charge in [0.2, 0.25) is 0 Å². The lowest BCUT2D eigenvalue weighted by Gasteiger charge is -2.18. The van der Waals surface area contributed by atoms with Gasteiger partial charge in [0.1, 0.15) is 0 Å². The molecule has 0 radical (unpaired) electrons. The zero-order valence-corrected chi connectivity index (χ0v) is 14.2. The molecular formula is C19H22O5. The van der Waals surface area contributed by atoms with E-state index >= 15 is 0 Å². The Balaban J connectivity index is 2.77. The smallest absolute Gasteiger partial charge is 0.328 e. The van der Waals surface area contributed by atoms with Crippen molar-refractivity contribution < 1.29 is 24.1 Å². The number of fused-ring (bicyclic) bond motifs is 1. The van der Waals surface area contributed by atoms with Crippen LogP contribution in [-0.2, 0) is 16.0 Å². The van der Waals surface area contributed by atoms with E-state index in [-0.39, 0.29) is 6.79 Å². The molecule has 0 aliphatic carbocycles. The first-order chi connectivity index (χ1) is 11.6. The molecule has 24 heavy (non-hydrogen) atoms. The van der Waals surface area contributed by atoms with Crippen LogP contribution in [0, 0.1) is 0 Å². The van der Waals surface area contributed by atoms with Gasteiger partial charge in [-0.3, -0.25) is 0 Å². The predicted octanol–water partition coefficient (Wildman–Crippen LogP) is 3.88. The second kappa shape index (κ2) is 8.36. The molecule has 5 nitrogen and oxygen atoms in total. The van der Waals surface area contributed by atoms with Crippen molar-refractivity contribution in [1.29, 1.82) is 0 Å². The number of methoxy groups -OCH3 is 1. The summed E-state index contributed by atoms with van der Waals surface area (Å²) in [6, 6.07) is 7.74. The molecule has 0 unspecified atom stereocenters. The van der Waals surface area contributed by atoms with Crippen molar-refractivity contribution in [2.45, 2.75) is 20.3 Å². The summed E-state index contributed by atoms with van der Waals surface area (Å²) in [4.78, 5) is 10.9. The first kappa shape index (κ1) is 17.8. The Morgan fingerprint density at radius 2 is 2.04 bits per heavy atom. The number of carboxylic acid groups (broad SMARTS) is 1. The first-order valence-electron chi connectivity index (χ1n) is 7.86. The lowest BCUT2D eigenvalue weighted by atomic mass is 9.97. The second-order valence-electron chi connectivity index (χ2n) is 5.14. The van der Waals surface area contributed by atoms with Gasteiger partial charge in [0.05, 0.1) is 6.61 Å². The van der Waals surface area contributed by atoms with Gasteiger partial charge in [-0.25, -0.2) is 4.79 Å². The molecule has 0 aliphatic heterocycles. The highest BCUT2D eigenvalue weighted by Crippen LogP contribution is 2.41. The minimum atomic E-state index is -0.993. The summed E-state index contributed by atoms with van der Waals surface area (Å²) in [5, 5.41) is 10.8. The maximum Gasteiger partial charge on any atom is 0.328 e. The number of carbonyl (C=O) groups is 1. The van der Waals surface area contributed by atoms with Crippen molar-refractivity contribution in [3.05, 3.63) is 41.5 Å². The van der Waals surface area contributed by atoms with Crippen LogP contribution in [0.3, 0.4) is 0 Å². The van der Waals surface area contributed by atoms with Crippen molar-refractivity contribution in [2.75, 3.05) is 20.5 Å². The van der Waals surface area contributed by atoms with E-state index in [1.807, 2.05) is 25.1 Å².